The van der Waals surface area contributed by atoms with Gasteiger partial charge in [-0.2, -0.15) is 0 Å². The zero-order valence-corrected chi connectivity index (χ0v) is 17.3. The van der Waals surface area contributed by atoms with Gasteiger partial charge in [-0.25, -0.2) is 4.39 Å². The third-order valence-electron chi connectivity index (χ3n) is 4.50. The lowest BCUT2D eigenvalue weighted by Crippen LogP contribution is -2.24. The van der Waals surface area contributed by atoms with Crippen molar-refractivity contribution in [3.8, 4) is 11.4 Å². The first kappa shape index (κ1) is 20.6. The second kappa shape index (κ2) is 9.00. The molecule has 0 unspecified atom stereocenters. The first-order valence-corrected chi connectivity index (χ1v) is 10.3. The molecule has 4 rings (SSSR count). The van der Waals surface area contributed by atoms with Gasteiger partial charge in [-0.1, -0.05) is 23.9 Å². The van der Waals surface area contributed by atoms with E-state index >= 15 is 0 Å². The van der Waals surface area contributed by atoms with Crippen LogP contribution in [0.3, 0.4) is 0 Å². The summed E-state index contributed by atoms with van der Waals surface area (Å²) in [7, 11) is 1.59. The standard InChI is InChI=1S/C21H18FN5O3S/c1-30-17-4-2-3-14(11-17)12-23-18(28)13-31-21-25-24-19-20(29)26(9-10-27(19)21)16-7-5-15(22)6-8-16/h2-11H,12-13H2,1H3,(H,23,28). The Balaban J connectivity index is 1.43. The largest absolute Gasteiger partial charge is 0.497 e. The van der Waals surface area contributed by atoms with E-state index < -0.39 is 5.56 Å². The topological polar surface area (TPSA) is 90.5 Å². The molecule has 0 aliphatic rings. The summed E-state index contributed by atoms with van der Waals surface area (Å²) in [5.74, 6) is 0.279. The molecule has 158 valence electrons. The van der Waals surface area contributed by atoms with Gasteiger partial charge in [0.05, 0.1) is 12.9 Å². The molecule has 2 aromatic carbocycles. The molecule has 1 amide bonds. The number of amides is 1. The van der Waals surface area contributed by atoms with Crippen LogP contribution in [0.1, 0.15) is 5.56 Å². The number of nitrogens with one attached hydrogen (secondary N) is 1. The Morgan fingerprint density at radius 3 is 2.74 bits per heavy atom. The lowest BCUT2D eigenvalue weighted by molar-refractivity contribution is -0.118. The minimum atomic E-state index is -0.393. The summed E-state index contributed by atoms with van der Waals surface area (Å²) in [4.78, 5) is 24.9. The first-order valence-electron chi connectivity index (χ1n) is 9.30. The van der Waals surface area contributed by atoms with Crippen molar-refractivity contribution in [1.82, 2.24) is 24.5 Å². The van der Waals surface area contributed by atoms with Crippen molar-refractivity contribution in [2.24, 2.45) is 0 Å². The fraction of sp³-hybridized carbons (Fsp3) is 0.143. The maximum Gasteiger partial charge on any atom is 0.300 e. The van der Waals surface area contributed by atoms with Gasteiger partial charge in [0.25, 0.3) is 0 Å². The van der Waals surface area contributed by atoms with E-state index in [0.29, 0.717) is 17.4 Å². The SMILES string of the molecule is COc1cccc(CNC(=O)CSc2nnc3c(=O)n(-c4ccc(F)cc4)ccn23)c1. The molecule has 2 aromatic heterocycles. The van der Waals surface area contributed by atoms with Crippen LogP contribution < -0.4 is 15.6 Å². The highest BCUT2D eigenvalue weighted by Gasteiger charge is 2.13. The molecule has 2 heterocycles. The maximum absolute atomic E-state index is 13.1. The van der Waals surface area contributed by atoms with E-state index in [0.717, 1.165) is 11.3 Å². The Kier molecular flexibility index (Phi) is 5.99. The van der Waals surface area contributed by atoms with E-state index in [1.54, 1.807) is 19.5 Å². The van der Waals surface area contributed by atoms with Crippen molar-refractivity contribution < 1.29 is 13.9 Å². The molecule has 8 nitrogen and oxygen atoms in total. The Morgan fingerprint density at radius 1 is 1.16 bits per heavy atom. The Bertz CT molecular complexity index is 1290. The third-order valence-corrected chi connectivity index (χ3v) is 5.44. The smallest absolute Gasteiger partial charge is 0.300 e. The number of aromatic nitrogens is 4. The molecule has 0 radical (unpaired) electrons. The molecule has 0 aliphatic carbocycles. The van der Waals surface area contributed by atoms with Gasteiger partial charge in [0, 0.05) is 24.6 Å². The average Bonchev–Trinajstić information content (AvgIpc) is 3.21. The highest BCUT2D eigenvalue weighted by molar-refractivity contribution is 7.99. The van der Waals surface area contributed by atoms with E-state index in [9.17, 15) is 14.0 Å². The highest BCUT2D eigenvalue weighted by Crippen LogP contribution is 2.16. The van der Waals surface area contributed by atoms with Crippen LogP contribution >= 0.6 is 11.8 Å². The Labute approximate surface area is 180 Å². The summed E-state index contributed by atoms with van der Waals surface area (Å²) >= 11 is 1.17. The summed E-state index contributed by atoms with van der Waals surface area (Å²) in [6.07, 6.45) is 3.19. The summed E-state index contributed by atoms with van der Waals surface area (Å²) in [5.41, 5.74) is 1.16. The number of hydrogen-bond acceptors (Lipinski definition) is 6. The summed E-state index contributed by atoms with van der Waals surface area (Å²) in [6.45, 7) is 0.375. The van der Waals surface area contributed by atoms with Gasteiger partial charge in [0.15, 0.2) is 5.16 Å². The molecule has 0 atom stereocenters. The van der Waals surface area contributed by atoms with E-state index in [1.807, 2.05) is 24.3 Å². The molecule has 31 heavy (non-hydrogen) atoms. The number of fused-ring (bicyclic) bond motifs is 1. The van der Waals surface area contributed by atoms with E-state index in [2.05, 4.69) is 15.5 Å². The van der Waals surface area contributed by atoms with Gasteiger partial charge in [0.2, 0.25) is 11.6 Å². The molecular formula is C21H18FN5O3S. The fourth-order valence-electron chi connectivity index (χ4n) is 2.93. The molecule has 1 N–H and O–H groups in total. The number of ether oxygens (including phenoxy) is 1. The van der Waals surface area contributed by atoms with Gasteiger partial charge < -0.3 is 10.1 Å². The van der Waals surface area contributed by atoms with E-state index in [4.69, 9.17) is 4.74 Å². The zero-order valence-electron chi connectivity index (χ0n) is 16.5. The molecule has 4 aromatic rings. The second-order valence-corrected chi connectivity index (χ2v) is 7.49. The van der Waals surface area contributed by atoms with Crippen LogP contribution in [0.25, 0.3) is 11.3 Å². The molecule has 0 spiro atoms. The Hall–Kier alpha value is -3.66. The van der Waals surface area contributed by atoms with Crippen LogP contribution in [0.4, 0.5) is 4.39 Å². The van der Waals surface area contributed by atoms with Gasteiger partial charge in [-0.3, -0.25) is 18.6 Å². The quantitative estimate of drug-likeness (QED) is 0.445. The van der Waals surface area contributed by atoms with Crippen LogP contribution in [0.5, 0.6) is 5.75 Å². The van der Waals surface area contributed by atoms with Crippen LogP contribution in [0, 0.1) is 5.82 Å². The molecule has 0 saturated carbocycles. The molecule has 10 heteroatoms. The minimum Gasteiger partial charge on any atom is -0.497 e. The van der Waals surface area contributed by atoms with Crippen molar-refractivity contribution in [3.05, 3.63) is 82.7 Å². The van der Waals surface area contributed by atoms with Gasteiger partial charge in [0.1, 0.15) is 11.6 Å². The lowest BCUT2D eigenvalue weighted by Gasteiger charge is -2.07. The zero-order chi connectivity index (χ0) is 21.8. The number of carbonyl (C=O) groups excluding carboxylic acids is 1. The summed E-state index contributed by atoms with van der Waals surface area (Å²) < 4.78 is 21.2. The van der Waals surface area contributed by atoms with Crippen LogP contribution in [0.15, 0.2) is 70.9 Å². The van der Waals surface area contributed by atoms with Crippen LogP contribution in [-0.2, 0) is 11.3 Å². The number of halogens is 1. The number of benzene rings is 2. The number of carbonyl (C=O) groups is 1. The maximum atomic E-state index is 13.1. The van der Waals surface area contributed by atoms with Crippen LogP contribution in [-0.4, -0.2) is 37.9 Å². The van der Waals surface area contributed by atoms with Crippen molar-refractivity contribution in [2.45, 2.75) is 11.7 Å². The number of thioether (sulfide) groups is 1. The van der Waals surface area contributed by atoms with Crippen molar-refractivity contribution in [3.63, 3.8) is 0 Å². The second-order valence-electron chi connectivity index (χ2n) is 6.54. The predicted octanol–water partition coefficient (Wildman–Crippen LogP) is 2.44. The lowest BCUT2D eigenvalue weighted by atomic mass is 10.2. The molecular weight excluding hydrogens is 421 g/mol. The fourth-order valence-corrected chi connectivity index (χ4v) is 3.68. The van der Waals surface area contributed by atoms with E-state index in [1.165, 1.54) is 45.0 Å². The summed E-state index contributed by atoms with van der Waals surface area (Å²) in [5, 5.41) is 11.2. The van der Waals surface area contributed by atoms with Crippen molar-refractivity contribution in [1.29, 1.82) is 0 Å². The number of rotatable bonds is 7. The van der Waals surface area contributed by atoms with Crippen molar-refractivity contribution >= 4 is 23.3 Å². The average molecular weight is 439 g/mol. The summed E-state index contributed by atoms with van der Waals surface area (Å²) in [6, 6.07) is 13.0. The molecule has 0 bridgehead atoms. The minimum absolute atomic E-state index is 0.117. The predicted molar refractivity (Wildman–Crippen MR) is 114 cm³/mol. The first-order chi connectivity index (χ1) is 15.0. The monoisotopic (exact) mass is 439 g/mol. The number of methoxy groups -OCH3 is 1. The molecule has 0 saturated heterocycles. The van der Waals surface area contributed by atoms with Gasteiger partial charge in [-0.15, -0.1) is 10.2 Å². The third kappa shape index (κ3) is 4.58. The van der Waals surface area contributed by atoms with Crippen molar-refractivity contribution in [2.75, 3.05) is 12.9 Å². The number of hydrogen-bond donors (Lipinski definition) is 1. The van der Waals surface area contributed by atoms with Gasteiger partial charge in [-0.05, 0) is 42.0 Å². The molecule has 0 aliphatic heterocycles. The highest BCUT2D eigenvalue weighted by atomic mass is 32.2. The molecule has 0 fully saturated rings. The van der Waals surface area contributed by atoms with Gasteiger partial charge >= 0.3 is 5.56 Å². The van der Waals surface area contributed by atoms with E-state index in [-0.39, 0.29) is 23.1 Å². The van der Waals surface area contributed by atoms with Crippen LogP contribution in [0.2, 0.25) is 0 Å². The number of nitrogens with zero attached hydrogens (tertiary/aromatic N) is 4. The normalized spacial score (nSPS) is 10.9. The Morgan fingerprint density at radius 2 is 1.97 bits per heavy atom.